The van der Waals surface area contributed by atoms with Crippen LogP contribution in [0.1, 0.15) is 39.2 Å². The quantitative estimate of drug-likeness (QED) is 0.366. The molecule has 0 aliphatic carbocycles. The lowest BCUT2D eigenvalue weighted by molar-refractivity contribution is 0.886. The summed E-state index contributed by atoms with van der Waals surface area (Å²) < 4.78 is 2.31. The van der Waals surface area contributed by atoms with E-state index in [-0.39, 0.29) is 0 Å². The summed E-state index contributed by atoms with van der Waals surface area (Å²) in [5, 5.41) is 5.87. The Bertz CT molecular complexity index is 1100. The Balaban J connectivity index is 0.000000552. The lowest BCUT2D eigenvalue weighted by atomic mass is 10.1. The van der Waals surface area contributed by atoms with Gasteiger partial charge in [-0.3, -0.25) is 4.98 Å². The second kappa shape index (κ2) is 9.92. The Morgan fingerprint density at radius 1 is 0.966 bits per heavy atom. The Kier molecular flexibility index (Phi) is 7.07. The molecule has 3 heteroatoms. The molecule has 0 saturated carbocycles. The van der Waals surface area contributed by atoms with Crippen molar-refractivity contribution in [1.82, 2.24) is 9.55 Å². The Hall–Kier alpha value is -3.07. The molecule has 0 bridgehead atoms. The van der Waals surface area contributed by atoms with Crippen LogP contribution in [-0.2, 0) is 0 Å². The molecule has 0 unspecified atom stereocenters. The van der Waals surface area contributed by atoms with Gasteiger partial charge in [-0.25, -0.2) is 0 Å². The summed E-state index contributed by atoms with van der Waals surface area (Å²) in [4.78, 5) is 4.33. The summed E-state index contributed by atoms with van der Waals surface area (Å²) in [5.41, 5.74) is 5.92. The predicted molar refractivity (Wildman–Crippen MR) is 127 cm³/mol. The van der Waals surface area contributed by atoms with Gasteiger partial charge >= 0.3 is 0 Å². The van der Waals surface area contributed by atoms with E-state index in [1.807, 2.05) is 19.3 Å². The van der Waals surface area contributed by atoms with E-state index in [9.17, 15) is 0 Å². The zero-order valence-electron chi connectivity index (χ0n) is 17.9. The number of benzene rings is 2. The Labute approximate surface area is 174 Å². The second-order valence-electron chi connectivity index (χ2n) is 7.25. The molecule has 2 heterocycles. The Morgan fingerprint density at radius 3 is 2.52 bits per heavy atom. The molecule has 0 atom stereocenters. The van der Waals surface area contributed by atoms with E-state index in [2.05, 4.69) is 96.3 Å². The zero-order valence-corrected chi connectivity index (χ0v) is 17.9. The number of aromatic nitrogens is 2. The first kappa shape index (κ1) is 20.7. The van der Waals surface area contributed by atoms with Crippen molar-refractivity contribution in [2.24, 2.45) is 0 Å². The SMILES string of the molecule is C/C=C\CNc1cccc(-n2c3ccncc3c3cc(C)ccc32)c1.CCCC. The average Bonchev–Trinajstić information content (AvgIpc) is 3.08. The van der Waals surface area contributed by atoms with Gasteiger partial charge in [0.2, 0.25) is 0 Å². The molecular weight excluding hydrogens is 354 g/mol. The van der Waals surface area contributed by atoms with E-state index in [1.165, 1.54) is 40.2 Å². The third kappa shape index (κ3) is 4.68. The van der Waals surface area contributed by atoms with Crippen molar-refractivity contribution in [3.63, 3.8) is 0 Å². The normalized spacial score (nSPS) is 11.0. The highest BCUT2D eigenvalue weighted by atomic mass is 15.0. The minimum Gasteiger partial charge on any atom is -0.382 e. The number of anilines is 1. The number of nitrogens with zero attached hydrogens (tertiary/aromatic N) is 2. The van der Waals surface area contributed by atoms with Crippen LogP contribution in [0.2, 0.25) is 0 Å². The zero-order chi connectivity index (χ0) is 20.6. The van der Waals surface area contributed by atoms with Crippen LogP contribution in [0.15, 0.2) is 73.1 Å². The number of allylic oxidation sites excluding steroid dienone is 1. The molecule has 0 spiro atoms. The fourth-order valence-corrected chi connectivity index (χ4v) is 3.31. The first-order valence-electron chi connectivity index (χ1n) is 10.5. The molecule has 0 fully saturated rings. The minimum atomic E-state index is 0.830. The lowest BCUT2D eigenvalue weighted by Crippen LogP contribution is -2.00. The Morgan fingerprint density at radius 2 is 1.76 bits per heavy atom. The van der Waals surface area contributed by atoms with E-state index in [4.69, 9.17) is 0 Å². The number of pyridine rings is 1. The number of nitrogens with one attached hydrogen (secondary N) is 1. The van der Waals surface area contributed by atoms with Crippen LogP contribution in [0.5, 0.6) is 0 Å². The fraction of sp³-hybridized carbons (Fsp3) is 0.269. The second-order valence-corrected chi connectivity index (χ2v) is 7.25. The van der Waals surface area contributed by atoms with Crippen LogP contribution in [0.4, 0.5) is 5.69 Å². The molecule has 29 heavy (non-hydrogen) atoms. The third-order valence-corrected chi connectivity index (χ3v) is 4.99. The molecular formula is C26H31N3. The van der Waals surface area contributed by atoms with Crippen molar-refractivity contribution in [3.05, 3.63) is 78.6 Å². The summed E-state index contributed by atoms with van der Waals surface area (Å²) in [7, 11) is 0. The first-order chi connectivity index (χ1) is 14.2. The molecule has 150 valence electrons. The molecule has 0 amide bonds. The molecule has 3 nitrogen and oxygen atoms in total. The molecule has 2 aromatic carbocycles. The van der Waals surface area contributed by atoms with Crippen molar-refractivity contribution in [2.75, 3.05) is 11.9 Å². The smallest absolute Gasteiger partial charge is 0.0571 e. The van der Waals surface area contributed by atoms with Crippen molar-refractivity contribution in [3.8, 4) is 5.69 Å². The van der Waals surface area contributed by atoms with Crippen LogP contribution < -0.4 is 5.32 Å². The van der Waals surface area contributed by atoms with Crippen LogP contribution in [0.25, 0.3) is 27.5 Å². The molecule has 0 aliphatic rings. The number of fused-ring (bicyclic) bond motifs is 3. The van der Waals surface area contributed by atoms with E-state index < -0.39 is 0 Å². The van der Waals surface area contributed by atoms with E-state index >= 15 is 0 Å². The maximum Gasteiger partial charge on any atom is 0.0571 e. The number of rotatable bonds is 5. The van der Waals surface area contributed by atoms with Gasteiger partial charge in [0, 0.05) is 41.1 Å². The number of hydrogen-bond acceptors (Lipinski definition) is 2. The fourth-order valence-electron chi connectivity index (χ4n) is 3.31. The highest BCUT2D eigenvalue weighted by Crippen LogP contribution is 2.32. The van der Waals surface area contributed by atoms with Gasteiger partial charge in [0.1, 0.15) is 0 Å². The lowest BCUT2D eigenvalue weighted by Gasteiger charge is -2.10. The van der Waals surface area contributed by atoms with Crippen molar-refractivity contribution >= 4 is 27.5 Å². The van der Waals surface area contributed by atoms with E-state index in [0.29, 0.717) is 0 Å². The van der Waals surface area contributed by atoms with E-state index in [0.717, 1.165) is 17.9 Å². The number of unbranched alkanes of at least 4 members (excludes halogenated alkanes) is 1. The van der Waals surface area contributed by atoms with Gasteiger partial charge in [-0.1, -0.05) is 56.5 Å². The van der Waals surface area contributed by atoms with Gasteiger partial charge < -0.3 is 9.88 Å². The van der Waals surface area contributed by atoms with Gasteiger partial charge in [0.05, 0.1) is 11.0 Å². The predicted octanol–water partition coefficient (Wildman–Crippen LogP) is 7.28. The molecule has 4 aromatic rings. The summed E-state index contributed by atoms with van der Waals surface area (Å²) >= 11 is 0. The van der Waals surface area contributed by atoms with Crippen LogP contribution in [0.3, 0.4) is 0 Å². The summed E-state index contributed by atoms with van der Waals surface area (Å²) in [6, 6.07) is 17.2. The highest BCUT2D eigenvalue weighted by Gasteiger charge is 2.12. The molecule has 0 radical (unpaired) electrons. The summed E-state index contributed by atoms with van der Waals surface area (Å²) in [5.74, 6) is 0. The first-order valence-corrected chi connectivity index (χ1v) is 10.5. The summed E-state index contributed by atoms with van der Waals surface area (Å²) in [6.45, 7) is 9.35. The average molecular weight is 386 g/mol. The van der Waals surface area contributed by atoms with Crippen molar-refractivity contribution in [1.29, 1.82) is 0 Å². The molecule has 0 saturated heterocycles. The van der Waals surface area contributed by atoms with Crippen molar-refractivity contribution < 1.29 is 0 Å². The van der Waals surface area contributed by atoms with Crippen molar-refractivity contribution in [2.45, 2.75) is 40.5 Å². The maximum absolute atomic E-state index is 4.33. The largest absolute Gasteiger partial charge is 0.382 e. The van der Waals surface area contributed by atoms with Gasteiger partial charge in [0.15, 0.2) is 0 Å². The maximum atomic E-state index is 4.33. The van der Waals surface area contributed by atoms with Gasteiger partial charge in [-0.2, -0.15) is 0 Å². The molecule has 4 rings (SSSR count). The van der Waals surface area contributed by atoms with E-state index in [1.54, 1.807) is 0 Å². The summed E-state index contributed by atoms with van der Waals surface area (Å²) in [6.07, 6.45) is 10.6. The van der Waals surface area contributed by atoms with Gasteiger partial charge in [0.25, 0.3) is 0 Å². The molecule has 0 aliphatic heterocycles. The monoisotopic (exact) mass is 385 g/mol. The molecule has 1 N–H and O–H groups in total. The number of aryl methyl sites for hydroxylation is 1. The number of hydrogen-bond donors (Lipinski definition) is 1. The van der Waals surface area contributed by atoms with Crippen LogP contribution in [-0.4, -0.2) is 16.1 Å². The standard InChI is InChI=1S/C22H21N3.C4H10/c1-3-4-11-24-17-6-5-7-18(14-17)25-21-9-8-16(2)13-19(21)20-15-23-12-10-22(20)25;1-3-4-2/h3-10,12-15,24H,11H2,1-2H3;3-4H2,1-2H3/b4-3-;. The minimum absolute atomic E-state index is 0.830. The van der Waals surface area contributed by atoms with Crippen LogP contribution >= 0.6 is 0 Å². The third-order valence-electron chi connectivity index (χ3n) is 4.99. The topological polar surface area (TPSA) is 29.9 Å². The highest BCUT2D eigenvalue weighted by molar-refractivity contribution is 6.09. The van der Waals surface area contributed by atoms with Crippen LogP contribution in [0, 0.1) is 6.92 Å². The van der Waals surface area contributed by atoms with Gasteiger partial charge in [-0.05, 0) is 50.2 Å². The van der Waals surface area contributed by atoms with Gasteiger partial charge in [-0.15, -0.1) is 0 Å². The molecule has 2 aromatic heterocycles.